The molecule has 1 aromatic carbocycles. The van der Waals surface area contributed by atoms with Crippen LogP contribution in [0.5, 0.6) is 0 Å². The van der Waals surface area contributed by atoms with Gasteiger partial charge in [0.2, 0.25) is 0 Å². The average Bonchev–Trinajstić information content (AvgIpc) is 2.92. The molecule has 0 saturated carbocycles. The molecule has 0 saturated heterocycles. The lowest BCUT2D eigenvalue weighted by Crippen LogP contribution is -2.43. The topological polar surface area (TPSA) is 78.1 Å². The number of carbonyl (C=O) groups is 2. The number of carbonyl (C=O) groups excluding carboxylic acids is 2. The van der Waals surface area contributed by atoms with E-state index in [2.05, 4.69) is 15.5 Å². The Balaban J connectivity index is 2.08. The number of anilines is 1. The summed E-state index contributed by atoms with van der Waals surface area (Å²) in [6.07, 6.45) is 1.71. The molecule has 124 valence electrons. The summed E-state index contributed by atoms with van der Waals surface area (Å²) in [5.41, 5.74) is 1.39. The van der Waals surface area contributed by atoms with E-state index in [9.17, 15) is 9.59 Å². The first-order valence-corrected chi connectivity index (χ1v) is 7.90. The highest BCUT2D eigenvalue weighted by Crippen LogP contribution is 2.16. The van der Waals surface area contributed by atoms with Gasteiger partial charge in [-0.1, -0.05) is 27.7 Å². The lowest BCUT2D eigenvalue weighted by molar-refractivity contribution is -0.143. The number of nitrogens with one attached hydrogen (secondary N) is 2. The van der Waals surface area contributed by atoms with Gasteiger partial charge in [0.05, 0.1) is 11.7 Å². The van der Waals surface area contributed by atoms with E-state index in [0.29, 0.717) is 30.6 Å². The number of hydrogen-bond acceptors (Lipinski definition) is 3. The predicted molar refractivity (Wildman–Crippen MR) is 91.0 cm³/mol. The minimum atomic E-state index is -0.606. The number of aromatic nitrogens is 2. The van der Waals surface area contributed by atoms with Gasteiger partial charge in [-0.2, -0.15) is 5.10 Å². The van der Waals surface area contributed by atoms with Crippen molar-refractivity contribution in [3.05, 3.63) is 24.4 Å². The van der Waals surface area contributed by atoms with Crippen molar-refractivity contribution >= 4 is 28.4 Å². The van der Waals surface area contributed by atoms with Crippen LogP contribution in [0.25, 0.3) is 10.9 Å². The second-order valence-electron chi connectivity index (χ2n) is 6.62. The van der Waals surface area contributed by atoms with Gasteiger partial charge in [-0.3, -0.25) is 14.7 Å². The van der Waals surface area contributed by atoms with Crippen LogP contribution >= 0.6 is 0 Å². The number of H-pyrrole nitrogens is 1. The quantitative estimate of drug-likeness (QED) is 0.832. The second kappa shape index (κ2) is 7.26. The molecule has 2 rings (SSSR count). The Morgan fingerprint density at radius 1 is 1.17 bits per heavy atom. The molecule has 0 aliphatic carbocycles. The van der Waals surface area contributed by atoms with E-state index in [0.717, 1.165) is 10.9 Å². The van der Waals surface area contributed by atoms with Gasteiger partial charge in [0.25, 0.3) is 0 Å². The van der Waals surface area contributed by atoms with E-state index in [4.69, 9.17) is 0 Å². The Morgan fingerprint density at radius 2 is 1.83 bits per heavy atom. The van der Waals surface area contributed by atoms with Crippen LogP contribution < -0.4 is 5.32 Å². The second-order valence-corrected chi connectivity index (χ2v) is 6.62. The fourth-order valence-electron chi connectivity index (χ4n) is 2.46. The van der Waals surface area contributed by atoms with Crippen LogP contribution in [0.4, 0.5) is 5.69 Å². The fourth-order valence-corrected chi connectivity index (χ4v) is 2.46. The third-order valence-electron chi connectivity index (χ3n) is 3.35. The fraction of sp³-hybridized carbons (Fsp3) is 0.471. The first kappa shape index (κ1) is 17.0. The molecule has 23 heavy (non-hydrogen) atoms. The Hall–Kier alpha value is -2.37. The number of hydrogen-bond donors (Lipinski definition) is 2. The summed E-state index contributed by atoms with van der Waals surface area (Å²) in [6.45, 7) is 9.28. The Kier molecular flexibility index (Phi) is 5.36. The maximum atomic E-state index is 12.4. The first-order valence-electron chi connectivity index (χ1n) is 7.90. The van der Waals surface area contributed by atoms with Gasteiger partial charge in [0.1, 0.15) is 0 Å². The van der Waals surface area contributed by atoms with Crippen LogP contribution in [-0.4, -0.2) is 40.0 Å². The molecule has 0 aliphatic heterocycles. The van der Waals surface area contributed by atoms with Gasteiger partial charge >= 0.3 is 11.8 Å². The van der Waals surface area contributed by atoms with Crippen LogP contribution in [0.1, 0.15) is 27.7 Å². The normalized spacial score (nSPS) is 11.2. The first-order chi connectivity index (χ1) is 10.9. The SMILES string of the molecule is CC(C)CN(CC(C)C)C(=O)C(=O)Nc1ccc2cn[nH]c2c1. The van der Waals surface area contributed by atoms with E-state index < -0.39 is 11.8 Å². The third-order valence-corrected chi connectivity index (χ3v) is 3.35. The lowest BCUT2D eigenvalue weighted by atomic mass is 10.1. The average molecular weight is 316 g/mol. The molecule has 2 N–H and O–H groups in total. The molecular weight excluding hydrogens is 292 g/mol. The van der Waals surface area contributed by atoms with Crippen LogP contribution in [-0.2, 0) is 9.59 Å². The van der Waals surface area contributed by atoms with E-state index in [1.165, 1.54) is 0 Å². The molecule has 2 amide bonds. The minimum Gasteiger partial charge on any atom is -0.334 e. The summed E-state index contributed by atoms with van der Waals surface area (Å²) in [5, 5.41) is 10.4. The van der Waals surface area contributed by atoms with Crippen molar-refractivity contribution in [2.24, 2.45) is 11.8 Å². The highest BCUT2D eigenvalue weighted by molar-refractivity contribution is 6.39. The summed E-state index contributed by atoms with van der Waals surface area (Å²) in [5.74, 6) is -0.471. The molecule has 0 atom stereocenters. The number of fused-ring (bicyclic) bond motifs is 1. The van der Waals surface area contributed by atoms with Gasteiger partial charge in [0, 0.05) is 24.2 Å². The van der Waals surface area contributed by atoms with E-state index in [1.807, 2.05) is 33.8 Å². The highest BCUT2D eigenvalue weighted by Gasteiger charge is 2.23. The zero-order chi connectivity index (χ0) is 17.0. The summed E-state index contributed by atoms with van der Waals surface area (Å²) in [4.78, 5) is 26.3. The number of benzene rings is 1. The molecule has 6 heteroatoms. The number of rotatable bonds is 5. The molecular formula is C17H24N4O2. The van der Waals surface area contributed by atoms with Crippen LogP contribution in [0.2, 0.25) is 0 Å². The Morgan fingerprint density at radius 3 is 2.43 bits per heavy atom. The molecule has 1 aromatic heterocycles. The molecule has 0 radical (unpaired) electrons. The Labute approximate surface area is 136 Å². The standard InChI is InChI=1S/C17H24N4O2/c1-11(2)9-21(10-12(3)4)17(23)16(22)19-14-6-5-13-8-18-20-15(13)7-14/h5-8,11-12H,9-10H2,1-4H3,(H,18,20)(H,19,22). The molecule has 6 nitrogen and oxygen atoms in total. The largest absolute Gasteiger partial charge is 0.334 e. The monoisotopic (exact) mass is 316 g/mol. The summed E-state index contributed by atoms with van der Waals surface area (Å²) >= 11 is 0. The summed E-state index contributed by atoms with van der Waals surface area (Å²) in [7, 11) is 0. The van der Waals surface area contributed by atoms with Crippen molar-refractivity contribution in [1.29, 1.82) is 0 Å². The van der Waals surface area contributed by atoms with Crippen LogP contribution in [0.15, 0.2) is 24.4 Å². The number of nitrogens with zero attached hydrogens (tertiary/aromatic N) is 2. The van der Waals surface area contributed by atoms with Crippen molar-refractivity contribution in [1.82, 2.24) is 15.1 Å². The molecule has 0 unspecified atom stereocenters. The smallest absolute Gasteiger partial charge is 0.313 e. The number of amides is 2. The zero-order valence-electron chi connectivity index (χ0n) is 14.1. The van der Waals surface area contributed by atoms with Crippen LogP contribution in [0, 0.1) is 11.8 Å². The van der Waals surface area contributed by atoms with Crippen molar-refractivity contribution < 1.29 is 9.59 Å². The van der Waals surface area contributed by atoms with Crippen molar-refractivity contribution in [3.63, 3.8) is 0 Å². The Bertz CT molecular complexity index is 681. The van der Waals surface area contributed by atoms with E-state index in [-0.39, 0.29) is 0 Å². The molecule has 0 aliphatic rings. The van der Waals surface area contributed by atoms with Gasteiger partial charge in [-0.05, 0) is 30.0 Å². The van der Waals surface area contributed by atoms with Gasteiger partial charge in [-0.15, -0.1) is 0 Å². The minimum absolute atomic E-state index is 0.312. The van der Waals surface area contributed by atoms with E-state index in [1.54, 1.807) is 23.2 Å². The highest BCUT2D eigenvalue weighted by atomic mass is 16.2. The molecule has 0 bridgehead atoms. The maximum absolute atomic E-state index is 12.4. The molecule has 0 fully saturated rings. The maximum Gasteiger partial charge on any atom is 0.313 e. The van der Waals surface area contributed by atoms with Gasteiger partial charge in [-0.25, -0.2) is 0 Å². The zero-order valence-corrected chi connectivity index (χ0v) is 14.1. The van der Waals surface area contributed by atoms with Gasteiger partial charge in [0.15, 0.2) is 0 Å². The summed E-state index contributed by atoms with van der Waals surface area (Å²) in [6, 6.07) is 5.37. The van der Waals surface area contributed by atoms with Crippen molar-refractivity contribution in [3.8, 4) is 0 Å². The molecule has 1 heterocycles. The number of aromatic amines is 1. The molecule has 2 aromatic rings. The van der Waals surface area contributed by atoms with E-state index >= 15 is 0 Å². The van der Waals surface area contributed by atoms with Crippen molar-refractivity contribution in [2.75, 3.05) is 18.4 Å². The summed E-state index contributed by atoms with van der Waals surface area (Å²) < 4.78 is 0. The predicted octanol–water partition coefficient (Wildman–Crippen LogP) is 2.64. The molecule has 0 spiro atoms. The van der Waals surface area contributed by atoms with Crippen LogP contribution in [0.3, 0.4) is 0 Å². The third kappa shape index (κ3) is 4.55. The van der Waals surface area contributed by atoms with Gasteiger partial charge < -0.3 is 10.2 Å². The lowest BCUT2D eigenvalue weighted by Gasteiger charge is -2.25. The van der Waals surface area contributed by atoms with Crippen molar-refractivity contribution in [2.45, 2.75) is 27.7 Å².